The fourth-order valence-electron chi connectivity index (χ4n) is 2.43. The molecule has 0 heterocycles. The maximum Gasteiger partial charge on any atom is 0.338 e. The Labute approximate surface area is 148 Å². The zero-order valence-electron chi connectivity index (χ0n) is 14.5. The Morgan fingerprint density at radius 1 is 0.840 bits per heavy atom. The molecule has 0 saturated heterocycles. The standard InChI is InChI=1S/C21H24O4/c1-2-3-14-19(25-21(23)18-12-8-5-9-13-18)15-16-24-20(22)17-10-6-4-7-11-17/h4-13,19H,2-3,14-16H2,1H3. The highest BCUT2D eigenvalue weighted by Crippen LogP contribution is 2.13. The summed E-state index contributed by atoms with van der Waals surface area (Å²) < 4.78 is 10.9. The summed E-state index contributed by atoms with van der Waals surface area (Å²) in [7, 11) is 0. The monoisotopic (exact) mass is 340 g/mol. The molecule has 4 nitrogen and oxygen atoms in total. The molecule has 0 amide bonds. The Morgan fingerprint density at radius 3 is 1.96 bits per heavy atom. The van der Waals surface area contributed by atoms with Gasteiger partial charge in [-0.25, -0.2) is 9.59 Å². The van der Waals surface area contributed by atoms with E-state index in [1.807, 2.05) is 12.1 Å². The fraction of sp³-hybridized carbons (Fsp3) is 0.333. The van der Waals surface area contributed by atoms with E-state index in [0.29, 0.717) is 17.5 Å². The van der Waals surface area contributed by atoms with Crippen LogP contribution in [0.3, 0.4) is 0 Å². The van der Waals surface area contributed by atoms with Crippen molar-refractivity contribution in [1.82, 2.24) is 0 Å². The molecule has 132 valence electrons. The third-order valence-corrected chi connectivity index (χ3v) is 3.85. The highest BCUT2D eigenvalue weighted by Gasteiger charge is 2.16. The maximum atomic E-state index is 12.2. The minimum Gasteiger partial charge on any atom is -0.462 e. The van der Waals surface area contributed by atoms with Crippen LogP contribution < -0.4 is 0 Å². The first kappa shape index (κ1) is 18.7. The van der Waals surface area contributed by atoms with Gasteiger partial charge >= 0.3 is 11.9 Å². The first-order valence-electron chi connectivity index (χ1n) is 8.69. The molecule has 0 bridgehead atoms. The van der Waals surface area contributed by atoms with Crippen LogP contribution in [-0.4, -0.2) is 24.6 Å². The van der Waals surface area contributed by atoms with Crippen molar-refractivity contribution in [2.75, 3.05) is 6.61 Å². The van der Waals surface area contributed by atoms with Crippen LogP contribution in [0.4, 0.5) is 0 Å². The van der Waals surface area contributed by atoms with Crippen LogP contribution in [0, 0.1) is 0 Å². The molecule has 0 spiro atoms. The summed E-state index contributed by atoms with van der Waals surface area (Å²) in [4.78, 5) is 24.2. The third kappa shape index (κ3) is 6.42. The summed E-state index contributed by atoms with van der Waals surface area (Å²) >= 11 is 0. The van der Waals surface area contributed by atoms with Gasteiger partial charge in [0.1, 0.15) is 6.10 Å². The van der Waals surface area contributed by atoms with Gasteiger partial charge in [-0.15, -0.1) is 0 Å². The van der Waals surface area contributed by atoms with E-state index in [1.165, 1.54) is 0 Å². The molecular formula is C21H24O4. The predicted molar refractivity (Wildman–Crippen MR) is 96.5 cm³/mol. The van der Waals surface area contributed by atoms with E-state index >= 15 is 0 Å². The number of esters is 2. The number of unbranched alkanes of at least 4 members (excludes halogenated alkanes) is 1. The predicted octanol–water partition coefficient (Wildman–Crippen LogP) is 4.65. The second-order valence-electron chi connectivity index (χ2n) is 5.83. The molecule has 4 heteroatoms. The number of hydrogen-bond acceptors (Lipinski definition) is 4. The van der Waals surface area contributed by atoms with Gasteiger partial charge < -0.3 is 9.47 Å². The van der Waals surface area contributed by atoms with Crippen molar-refractivity contribution >= 4 is 11.9 Å². The highest BCUT2D eigenvalue weighted by atomic mass is 16.6. The number of benzene rings is 2. The van der Waals surface area contributed by atoms with E-state index in [-0.39, 0.29) is 24.6 Å². The van der Waals surface area contributed by atoms with E-state index in [4.69, 9.17) is 9.47 Å². The highest BCUT2D eigenvalue weighted by molar-refractivity contribution is 5.89. The lowest BCUT2D eigenvalue weighted by molar-refractivity contribution is 0.0160. The summed E-state index contributed by atoms with van der Waals surface area (Å²) in [5.41, 5.74) is 1.05. The normalized spacial score (nSPS) is 11.6. The Kier molecular flexibility index (Phi) is 7.70. The molecule has 2 rings (SSSR count). The molecule has 0 radical (unpaired) electrons. The van der Waals surface area contributed by atoms with Gasteiger partial charge in [0.05, 0.1) is 17.7 Å². The lowest BCUT2D eigenvalue weighted by Crippen LogP contribution is -2.21. The van der Waals surface area contributed by atoms with E-state index < -0.39 is 0 Å². The van der Waals surface area contributed by atoms with E-state index in [2.05, 4.69) is 6.92 Å². The van der Waals surface area contributed by atoms with Crippen molar-refractivity contribution in [2.45, 2.75) is 38.7 Å². The summed E-state index contributed by atoms with van der Waals surface area (Å²) in [6, 6.07) is 17.8. The van der Waals surface area contributed by atoms with Crippen LogP contribution in [0.5, 0.6) is 0 Å². The van der Waals surface area contributed by atoms with Gasteiger partial charge in [-0.1, -0.05) is 56.2 Å². The smallest absolute Gasteiger partial charge is 0.338 e. The van der Waals surface area contributed by atoms with Crippen LogP contribution in [0.2, 0.25) is 0 Å². The van der Waals surface area contributed by atoms with Crippen LogP contribution in [-0.2, 0) is 9.47 Å². The third-order valence-electron chi connectivity index (χ3n) is 3.85. The van der Waals surface area contributed by atoms with Gasteiger partial charge in [-0.3, -0.25) is 0 Å². The molecular weight excluding hydrogens is 316 g/mol. The summed E-state index contributed by atoms with van der Waals surface area (Å²) in [5, 5.41) is 0. The molecule has 25 heavy (non-hydrogen) atoms. The number of carbonyl (C=O) groups is 2. The van der Waals surface area contributed by atoms with Gasteiger partial charge in [-0.05, 0) is 30.7 Å². The van der Waals surface area contributed by atoms with E-state index in [0.717, 1.165) is 19.3 Å². The maximum absolute atomic E-state index is 12.2. The van der Waals surface area contributed by atoms with E-state index in [1.54, 1.807) is 48.5 Å². The molecule has 1 unspecified atom stereocenters. The fourth-order valence-corrected chi connectivity index (χ4v) is 2.43. The van der Waals surface area contributed by atoms with Gasteiger partial charge in [0.15, 0.2) is 0 Å². The summed E-state index contributed by atoms with van der Waals surface area (Å²) in [6.45, 7) is 2.32. The van der Waals surface area contributed by atoms with Crippen molar-refractivity contribution in [3.05, 3.63) is 71.8 Å². The summed E-state index contributed by atoms with van der Waals surface area (Å²) in [5.74, 6) is -0.694. The minimum absolute atomic E-state index is 0.226. The SMILES string of the molecule is CCCCC(CCOC(=O)c1ccccc1)OC(=O)c1ccccc1. The Balaban J connectivity index is 1.85. The topological polar surface area (TPSA) is 52.6 Å². The Hall–Kier alpha value is -2.62. The quantitative estimate of drug-likeness (QED) is 0.624. The largest absolute Gasteiger partial charge is 0.462 e. The van der Waals surface area contributed by atoms with Crippen molar-refractivity contribution in [3.8, 4) is 0 Å². The first-order valence-corrected chi connectivity index (χ1v) is 8.69. The lowest BCUT2D eigenvalue weighted by Gasteiger charge is -2.18. The molecule has 0 aliphatic heterocycles. The van der Waals surface area contributed by atoms with Crippen LogP contribution in [0.25, 0.3) is 0 Å². The van der Waals surface area contributed by atoms with Gasteiger partial charge in [-0.2, -0.15) is 0 Å². The van der Waals surface area contributed by atoms with Crippen molar-refractivity contribution in [2.24, 2.45) is 0 Å². The molecule has 0 N–H and O–H groups in total. The molecule has 0 aliphatic carbocycles. The first-order chi connectivity index (χ1) is 12.2. The van der Waals surface area contributed by atoms with Crippen molar-refractivity contribution in [3.63, 3.8) is 0 Å². The van der Waals surface area contributed by atoms with Crippen LogP contribution >= 0.6 is 0 Å². The number of ether oxygens (including phenoxy) is 2. The molecule has 2 aromatic rings. The molecule has 2 aromatic carbocycles. The molecule has 0 aromatic heterocycles. The van der Waals surface area contributed by atoms with Gasteiger partial charge in [0, 0.05) is 6.42 Å². The molecule has 1 atom stereocenters. The Morgan fingerprint density at radius 2 is 1.40 bits per heavy atom. The average molecular weight is 340 g/mol. The minimum atomic E-state index is -0.357. The Bertz CT molecular complexity index is 652. The van der Waals surface area contributed by atoms with Crippen LogP contribution in [0.15, 0.2) is 60.7 Å². The summed E-state index contributed by atoms with van der Waals surface area (Å²) in [6.07, 6.45) is 2.98. The second kappa shape index (κ2) is 10.3. The number of hydrogen-bond donors (Lipinski definition) is 0. The zero-order chi connectivity index (χ0) is 17.9. The molecule has 0 aliphatic rings. The van der Waals surface area contributed by atoms with Crippen molar-refractivity contribution in [1.29, 1.82) is 0 Å². The second-order valence-corrected chi connectivity index (χ2v) is 5.83. The van der Waals surface area contributed by atoms with Gasteiger partial charge in [0.25, 0.3) is 0 Å². The lowest BCUT2D eigenvalue weighted by atomic mass is 10.1. The van der Waals surface area contributed by atoms with Crippen molar-refractivity contribution < 1.29 is 19.1 Å². The van der Waals surface area contributed by atoms with E-state index in [9.17, 15) is 9.59 Å². The van der Waals surface area contributed by atoms with Crippen LogP contribution in [0.1, 0.15) is 53.3 Å². The zero-order valence-corrected chi connectivity index (χ0v) is 14.5. The molecule has 0 saturated carbocycles. The number of rotatable bonds is 9. The number of carbonyl (C=O) groups excluding carboxylic acids is 2. The van der Waals surface area contributed by atoms with Gasteiger partial charge in [0.2, 0.25) is 0 Å². The molecule has 0 fully saturated rings. The average Bonchev–Trinajstić information content (AvgIpc) is 2.67.